The van der Waals surface area contributed by atoms with E-state index in [-0.39, 0.29) is 5.25 Å². The van der Waals surface area contributed by atoms with Crippen LogP contribution >= 0.6 is 27.7 Å². The molecule has 0 bridgehead atoms. The van der Waals surface area contributed by atoms with Crippen LogP contribution in [0.15, 0.2) is 33.9 Å². The maximum absolute atomic E-state index is 9.23. The van der Waals surface area contributed by atoms with Crippen LogP contribution in [0.3, 0.4) is 0 Å². The fourth-order valence-corrected chi connectivity index (χ4v) is 3.13. The number of benzene rings is 1. The smallest absolute Gasteiger partial charge is 0.218 e. The number of nitrogens with zero attached hydrogens (tertiary/aromatic N) is 3. The van der Waals surface area contributed by atoms with Crippen molar-refractivity contribution in [3.63, 3.8) is 0 Å². The van der Waals surface area contributed by atoms with Crippen LogP contribution in [0.2, 0.25) is 0 Å². The Morgan fingerprint density at radius 2 is 2.22 bits per heavy atom. The van der Waals surface area contributed by atoms with Gasteiger partial charge in [0.05, 0.1) is 12.5 Å². The summed E-state index contributed by atoms with van der Waals surface area (Å²) in [6.07, 6.45) is -0.0740. The van der Waals surface area contributed by atoms with E-state index in [0.29, 0.717) is 11.5 Å². The molecule has 1 aliphatic heterocycles. The van der Waals surface area contributed by atoms with E-state index < -0.39 is 6.10 Å². The predicted octanol–water partition coefficient (Wildman–Crippen LogP) is 3.37. The zero-order chi connectivity index (χ0) is 13.0. The number of hydrogen-bond donors (Lipinski definition) is 0. The normalized spacial score (nSPS) is 19.3. The summed E-state index contributed by atoms with van der Waals surface area (Å²) >= 11 is 4.75. The Kier molecular flexibility index (Phi) is 4.24. The quantitative estimate of drug-likeness (QED) is 0.837. The van der Waals surface area contributed by atoms with Crippen LogP contribution in [0.4, 0.5) is 0 Å². The summed E-state index contributed by atoms with van der Waals surface area (Å²) in [5.74, 6) is 0. The molecule has 0 radical (unpaired) electrons. The molecule has 1 aromatic rings. The monoisotopic (exact) mass is 321 g/mol. The van der Waals surface area contributed by atoms with Gasteiger partial charge in [0.15, 0.2) is 0 Å². The number of rotatable bonds is 2. The first kappa shape index (κ1) is 12.9. The highest BCUT2D eigenvalue weighted by Crippen LogP contribution is 2.36. The standard InChI is InChI=1S/C12H8BrN3OS/c13-10-4-2-1-3-9(10)11(7-15)18-12-5-8(6-14)17-16-12/h1-4,8,11H,5H2. The van der Waals surface area contributed by atoms with Crippen molar-refractivity contribution in [3.05, 3.63) is 34.3 Å². The second-order valence-electron chi connectivity index (χ2n) is 3.56. The van der Waals surface area contributed by atoms with Crippen molar-refractivity contribution in [1.82, 2.24) is 0 Å². The summed E-state index contributed by atoms with van der Waals surface area (Å²) in [6.45, 7) is 0. The molecule has 0 N–H and O–H groups in total. The van der Waals surface area contributed by atoms with Gasteiger partial charge >= 0.3 is 0 Å². The maximum atomic E-state index is 9.23. The Balaban J connectivity index is 2.11. The molecule has 4 nitrogen and oxygen atoms in total. The fraction of sp³-hybridized carbons (Fsp3) is 0.250. The fourth-order valence-electron chi connectivity index (χ4n) is 1.48. The van der Waals surface area contributed by atoms with Crippen LogP contribution in [0.5, 0.6) is 0 Å². The second-order valence-corrected chi connectivity index (χ2v) is 5.59. The van der Waals surface area contributed by atoms with Gasteiger partial charge < -0.3 is 4.84 Å². The van der Waals surface area contributed by atoms with Crippen LogP contribution in [-0.4, -0.2) is 11.1 Å². The van der Waals surface area contributed by atoms with Gasteiger partial charge in [-0.05, 0) is 11.6 Å². The first-order chi connectivity index (χ1) is 8.74. The molecule has 2 rings (SSSR count). The third-order valence-electron chi connectivity index (χ3n) is 2.34. The SMILES string of the molecule is N#CC1CC(SC(C#N)c2ccccc2Br)=NO1. The van der Waals surface area contributed by atoms with Crippen molar-refractivity contribution < 1.29 is 4.84 Å². The van der Waals surface area contributed by atoms with E-state index in [1.807, 2.05) is 30.3 Å². The van der Waals surface area contributed by atoms with Crippen molar-refractivity contribution in [3.8, 4) is 12.1 Å². The molecule has 0 saturated carbocycles. The molecule has 2 unspecified atom stereocenters. The van der Waals surface area contributed by atoms with E-state index in [2.05, 4.69) is 27.2 Å². The molecule has 2 atom stereocenters. The Morgan fingerprint density at radius 3 is 2.83 bits per heavy atom. The molecule has 1 aromatic carbocycles. The minimum Gasteiger partial charge on any atom is -0.376 e. The van der Waals surface area contributed by atoms with Gasteiger partial charge in [-0.2, -0.15) is 10.5 Å². The Labute approximate surface area is 117 Å². The molecule has 90 valence electrons. The number of halogens is 1. The lowest BCUT2D eigenvalue weighted by atomic mass is 10.2. The van der Waals surface area contributed by atoms with Gasteiger partial charge in [-0.1, -0.05) is 51.0 Å². The van der Waals surface area contributed by atoms with E-state index in [1.54, 1.807) is 0 Å². The molecule has 1 aliphatic rings. The highest BCUT2D eigenvalue weighted by molar-refractivity contribution is 9.10. The lowest BCUT2D eigenvalue weighted by Gasteiger charge is -2.09. The molecule has 0 saturated heterocycles. The van der Waals surface area contributed by atoms with Crippen molar-refractivity contribution in [2.24, 2.45) is 5.16 Å². The van der Waals surface area contributed by atoms with E-state index in [1.165, 1.54) is 11.8 Å². The lowest BCUT2D eigenvalue weighted by molar-refractivity contribution is 0.125. The van der Waals surface area contributed by atoms with Gasteiger partial charge in [0.2, 0.25) is 6.10 Å². The molecule has 18 heavy (non-hydrogen) atoms. The third-order valence-corrected chi connectivity index (χ3v) is 4.18. The van der Waals surface area contributed by atoms with Crippen molar-refractivity contribution in [2.75, 3.05) is 0 Å². The van der Waals surface area contributed by atoms with Crippen LogP contribution in [0.1, 0.15) is 17.2 Å². The van der Waals surface area contributed by atoms with E-state index in [0.717, 1.165) is 10.0 Å². The summed E-state index contributed by atoms with van der Waals surface area (Å²) in [7, 11) is 0. The zero-order valence-corrected chi connectivity index (χ0v) is 11.6. The number of oxime groups is 1. The minimum absolute atomic E-state index is 0.361. The summed E-state index contributed by atoms with van der Waals surface area (Å²) in [6, 6.07) is 11.8. The number of nitriles is 2. The predicted molar refractivity (Wildman–Crippen MR) is 72.6 cm³/mol. The molecule has 0 spiro atoms. The molecular formula is C12H8BrN3OS. The molecule has 0 amide bonds. The van der Waals surface area contributed by atoms with Gasteiger partial charge in [0.1, 0.15) is 16.4 Å². The zero-order valence-electron chi connectivity index (χ0n) is 9.21. The largest absolute Gasteiger partial charge is 0.376 e. The summed E-state index contributed by atoms with van der Waals surface area (Å²) in [5.41, 5.74) is 0.896. The van der Waals surface area contributed by atoms with Gasteiger partial charge in [0.25, 0.3) is 0 Å². The summed E-state index contributed by atoms with van der Waals surface area (Å²) < 4.78 is 0.889. The number of hydrogen-bond acceptors (Lipinski definition) is 5. The lowest BCUT2D eigenvalue weighted by Crippen LogP contribution is -2.03. The Bertz CT molecular complexity index is 561. The molecular weight excluding hydrogens is 314 g/mol. The van der Waals surface area contributed by atoms with Crippen LogP contribution in [-0.2, 0) is 4.84 Å². The van der Waals surface area contributed by atoms with E-state index >= 15 is 0 Å². The summed E-state index contributed by atoms with van der Waals surface area (Å²) in [4.78, 5) is 4.91. The average Bonchev–Trinajstić information content (AvgIpc) is 2.85. The van der Waals surface area contributed by atoms with Gasteiger partial charge in [0, 0.05) is 4.47 Å². The van der Waals surface area contributed by atoms with Crippen LogP contribution < -0.4 is 0 Å². The summed E-state index contributed by atoms with van der Waals surface area (Å²) in [5, 5.41) is 22.1. The topological polar surface area (TPSA) is 69.2 Å². The van der Waals surface area contributed by atoms with E-state index in [4.69, 9.17) is 10.1 Å². The van der Waals surface area contributed by atoms with Gasteiger partial charge in [-0.15, -0.1) is 0 Å². The molecule has 0 fully saturated rings. The number of thioether (sulfide) groups is 1. The van der Waals surface area contributed by atoms with Crippen molar-refractivity contribution in [1.29, 1.82) is 10.5 Å². The van der Waals surface area contributed by atoms with E-state index in [9.17, 15) is 5.26 Å². The molecule has 0 aliphatic carbocycles. The minimum atomic E-state index is -0.522. The first-order valence-electron chi connectivity index (χ1n) is 5.17. The third kappa shape index (κ3) is 2.84. The van der Waals surface area contributed by atoms with Crippen molar-refractivity contribution in [2.45, 2.75) is 17.8 Å². The molecule has 1 heterocycles. The average molecular weight is 322 g/mol. The van der Waals surface area contributed by atoms with Gasteiger partial charge in [-0.3, -0.25) is 0 Å². The Morgan fingerprint density at radius 1 is 1.44 bits per heavy atom. The van der Waals surface area contributed by atoms with Crippen LogP contribution in [0.25, 0.3) is 0 Å². The van der Waals surface area contributed by atoms with Gasteiger partial charge in [-0.25, -0.2) is 0 Å². The highest BCUT2D eigenvalue weighted by atomic mass is 79.9. The molecule has 0 aromatic heterocycles. The highest BCUT2D eigenvalue weighted by Gasteiger charge is 2.25. The van der Waals surface area contributed by atoms with Crippen LogP contribution in [0, 0.1) is 22.7 Å². The second kappa shape index (κ2) is 5.90. The maximum Gasteiger partial charge on any atom is 0.218 e. The molecule has 6 heteroatoms. The first-order valence-corrected chi connectivity index (χ1v) is 6.85. The Hall–Kier alpha value is -1.50. The van der Waals surface area contributed by atoms with Crippen molar-refractivity contribution >= 4 is 32.7 Å².